The largest absolute Gasteiger partial charge is 0.348 e. The van der Waals surface area contributed by atoms with Crippen molar-refractivity contribution in [1.29, 1.82) is 0 Å². The summed E-state index contributed by atoms with van der Waals surface area (Å²) in [5, 5.41) is 10.2. The second kappa shape index (κ2) is 14.9. The van der Waals surface area contributed by atoms with Gasteiger partial charge in [0.2, 0.25) is 0 Å². The Balaban J connectivity index is 1.06. The monoisotopic (exact) mass is 707 g/mol. The zero-order valence-corrected chi connectivity index (χ0v) is 30.3. The zero-order chi connectivity index (χ0) is 37.2. The summed E-state index contributed by atoms with van der Waals surface area (Å²) in [6.07, 6.45) is 1.14. The number of para-hydroxylation sites is 4. The second-order valence-corrected chi connectivity index (χ2v) is 13.8. The van der Waals surface area contributed by atoms with E-state index in [0.29, 0.717) is 35.0 Å². The number of nitrogens with two attached hydrogens (primary N) is 1. The van der Waals surface area contributed by atoms with Crippen LogP contribution in [0.4, 0.5) is 0 Å². The average molecular weight is 708 g/mol. The minimum Gasteiger partial charge on any atom is -0.348 e. The number of carbonyl (C=O) groups is 2. The minimum absolute atomic E-state index is 0.257. The summed E-state index contributed by atoms with van der Waals surface area (Å²) in [4.78, 5) is 38.3. The van der Waals surface area contributed by atoms with Gasteiger partial charge in [-0.2, -0.15) is 0 Å². The lowest BCUT2D eigenvalue weighted by Crippen LogP contribution is -2.58. The SMILES string of the molecule is CCC(NC(=O)c1cccc2cc3cccc(-c4ccccc4)c3nc12)C(N)C(CC)NC(=O)c1cccc2cc3cccc(-c4ccccc4)c3nc12. The molecule has 8 aromatic rings. The van der Waals surface area contributed by atoms with Crippen molar-refractivity contribution >= 4 is 55.4 Å². The van der Waals surface area contributed by atoms with Gasteiger partial charge < -0.3 is 16.4 Å². The van der Waals surface area contributed by atoms with Gasteiger partial charge in [-0.05, 0) is 48.2 Å². The van der Waals surface area contributed by atoms with Crippen LogP contribution in [0.3, 0.4) is 0 Å². The first-order chi connectivity index (χ1) is 26.4. The van der Waals surface area contributed by atoms with Crippen LogP contribution in [0.1, 0.15) is 47.4 Å². The van der Waals surface area contributed by atoms with E-state index in [-0.39, 0.29) is 11.8 Å². The number of carbonyl (C=O) groups excluding carboxylic acids is 2. The zero-order valence-electron chi connectivity index (χ0n) is 30.3. The number of hydrogen-bond donors (Lipinski definition) is 3. The van der Waals surface area contributed by atoms with Crippen molar-refractivity contribution in [3.05, 3.63) is 157 Å². The van der Waals surface area contributed by atoms with Crippen molar-refractivity contribution in [2.24, 2.45) is 5.73 Å². The van der Waals surface area contributed by atoms with E-state index in [1.807, 2.05) is 98.8 Å². The molecule has 0 radical (unpaired) electrons. The maximum atomic E-state index is 14.1. The first-order valence-electron chi connectivity index (χ1n) is 18.6. The predicted molar refractivity (Wildman–Crippen MR) is 220 cm³/mol. The van der Waals surface area contributed by atoms with E-state index in [4.69, 9.17) is 15.7 Å². The summed E-state index contributed by atoms with van der Waals surface area (Å²) in [7, 11) is 0. The number of amides is 2. The molecule has 7 heteroatoms. The van der Waals surface area contributed by atoms with Crippen LogP contribution in [0.2, 0.25) is 0 Å². The molecule has 54 heavy (non-hydrogen) atoms. The van der Waals surface area contributed by atoms with Gasteiger partial charge in [0, 0.05) is 50.8 Å². The number of nitrogens with zero attached hydrogens (tertiary/aromatic N) is 2. The highest BCUT2D eigenvalue weighted by atomic mass is 16.2. The molecule has 6 aromatic carbocycles. The van der Waals surface area contributed by atoms with Gasteiger partial charge in [0.05, 0.1) is 33.2 Å². The molecule has 266 valence electrons. The van der Waals surface area contributed by atoms with Gasteiger partial charge >= 0.3 is 0 Å². The third-order valence-corrected chi connectivity index (χ3v) is 10.4. The number of aromatic nitrogens is 2. The number of fused-ring (bicyclic) bond motifs is 4. The van der Waals surface area contributed by atoms with Gasteiger partial charge in [-0.1, -0.05) is 135 Å². The Bertz CT molecular complexity index is 2480. The van der Waals surface area contributed by atoms with Gasteiger partial charge in [-0.3, -0.25) is 9.59 Å². The van der Waals surface area contributed by atoms with Crippen molar-refractivity contribution in [2.75, 3.05) is 0 Å². The fraction of sp³-hybridized carbons (Fsp3) is 0.149. The Kier molecular flexibility index (Phi) is 9.55. The number of hydrogen-bond acceptors (Lipinski definition) is 5. The van der Waals surface area contributed by atoms with E-state index >= 15 is 0 Å². The molecule has 2 unspecified atom stereocenters. The topological polar surface area (TPSA) is 110 Å². The molecule has 0 saturated heterocycles. The average Bonchev–Trinajstić information content (AvgIpc) is 3.22. The lowest BCUT2D eigenvalue weighted by Gasteiger charge is -2.31. The van der Waals surface area contributed by atoms with E-state index < -0.39 is 18.1 Å². The van der Waals surface area contributed by atoms with E-state index in [1.165, 1.54) is 0 Å². The molecule has 0 fully saturated rings. The Morgan fingerprint density at radius 2 is 0.870 bits per heavy atom. The van der Waals surface area contributed by atoms with Crippen molar-refractivity contribution in [2.45, 2.75) is 44.8 Å². The summed E-state index contributed by atoms with van der Waals surface area (Å²) in [6.45, 7) is 3.98. The smallest absolute Gasteiger partial charge is 0.253 e. The summed E-state index contributed by atoms with van der Waals surface area (Å²) < 4.78 is 0. The molecule has 0 aliphatic heterocycles. The van der Waals surface area contributed by atoms with Crippen LogP contribution >= 0.6 is 0 Å². The molecule has 4 N–H and O–H groups in total. The van der Waals surface area contributed by atoms with Crippen LogP contribution in [-0.2, 0) is 0 Å². The molecule has 0 bridgehead atoms. The number of nitrogens with one attached hydrogen (secondary N) is 2. The Labute approximate surface area is 314 Å². The fourth-order valence-corrected chi connectivity index (χ4v) is 7.55. The van der Waals surface area contributed by atoms with Crippen LogP contribution in [0.5, 0.6) is 0 Å². The molecule has 2 amide bonds. The maximum Gasteiger partial charge on any atom is 0.253 e. The van der Waals surface area contributed by atoms with E-state index in [1.54, 1.807) is 12.1 Å². The Hall–Kier alpha value is -6.44. The molecular formula is C47H41N5O2. The summed E-state index contributed by atoms with van der Waals surface area (Å²) >= 11 is 0. The molecule has 2 heterocycles. The number of rotatable bonds is 10. The molecule has 0 saturated carbocycles. The molecule has 2 atom stereocenters. The van der Waals surface area contributed by atoms with Gasteiger partial charge in [0.25, 0.3) is 11.8 Å². The van der Waals surface area contributed by atoms with Gasteiger partial charge in [0.1, 0.15) is 0 Å². The number of pyridine rings is 2. The second-order valence-electron chi connectivity index (χ2n) is 13.8. The summed E-state index contributed by atoms with van der Waals surface area (Å²) in [5.74, 6) is -0.514. The quantitative estimate of drug-likeness (QED) is 0.123. The van der Waals surface area contributed by atoms with E-state index in [9.17, 15) is 9.59 Å². The molecule has 0 aliphatic carbocycles. The highest BCUT2D eigenvalue weighted by Crippen LogP contribution is 2.32. The molecule has 0 spiro atoms. The summed E-state index contributed by atoms with van der Waals surface area (Å²) in [5.41, 5.74) is 14.9. The highest BCUT2D eigenvalue weighted by molar-refractivity contribution is 6.10. The van der Waals surface area contributed by atoms with Crippen molar-refractivity contribution in [1.82, 2.24) is 20.6 Å². The van der Waals surface area contributed by atoms with Crippen LogP contribution in [-0.4, -0.2) is 39.9 Å². The van der Waals surface area contributed by atoms with Crippen molar-refractivity contribution in [3.8, 4) is 22.3 Å². The van der Waals surface area contributed by atoms with Gasteiger partial charge in [0.15, 0.2) is 0 Å². The van der Waals surface area contributed by atoms with Crippen molar-refractivity contribution in [3.63, 3.8) is 0 Å². The van der Waals surface area contributed by atoms with Crippen LogP contribution < -0.4 is 16.4 Å². The lowest BCUT2D eigenvalue weighted by atomic mass is 9.95. The Morgan fingerprint density at radius 1 is 0.500 bits per heavy atom. The van der Waals surface area contributed by atoms with E-state index in [0.717, 1.165) is 54.8 Å². The summed E-state index contributed by atoms with van der Waals surface area (Å²) in [6, 6.07) is 46.7. The van der Waals surface area contributed by atoms with E-state index in [2.05, 4.69) is 59.2 Å². The van der Waals surface area contributed by atoms with Gasteiger partial charge in [-0.25, -0.2) is 9.97 Å². The van der Waals surface area contributed by atoms with Crippen LogP contribution in [0.15, 0.2) is 146 Å². The predicted octanol–water partition coefficient (Wildman–Crippen LogP) is 9.47. The third-order valence-electron chi connectivity index (χ3n) is 10.4. The molecule has 7 nitrogen and oxygen atoms in total. The lowest BCUT2D eigenvalue weighted by molar-refractivity contribution is 0.0909. The molecular weight excluding hydrogens is 667 g/mol. The van der Waals surface area contributed by atoms with Crippen molar-refractivity contribution < 1.29 is 9.59 Å². The first kappa shape index (κ1) is 34.6. The third kappa shape index (κ3) is 6.55. The normalized spacial score (nSPS) is 13.2. The standard InChI is InChI=1S/C47H41N5O2/c1-3-39(49-46(53)37-25-13-21-33-27-31-19-11-23-35(42(31)51-44(33)37)29-15-7-5-8-16-29)41(48)40(4-2)50-47(54)38-26-14-22-34-28-32-20-12-24-36(43(32)52-45(34)38)30-17-9-6-10-18-30/h5-28,39-41H,3-4,48H2,1-2H3,(H,49,53)(H,50,54). The Morgan fingerprint density at radius 3 is 1.26 bits per heavy atom. The van der Waals surface area contributed by atoms with Gasteiger partial charge in [-0.15, -0.1) is 0 Å². The first-order valence-corrected chi connectivity index (χ1v) is 18.6. The fourth-order valence-electron chi connectivity index (χ4n) is 7.55. The molecule has 2 aromatic heterocycles. The van der Waals surface area contributed by atoms with Crippen LogP contribution in [0, 0.1) is 0 Å². The molecule has 8 rings (SSSR count). The maximum absolute atomic E-state index is 14.1. The molecule has 0 aliphatic rings. The minimum atomic E-state index is -0.560. The number of benzene rings is 6. The van der Waals surface area contributed by atoms with Crippen LogP contribution in [0.25, 0.3) is 65.9 Å². The highest BCUT2D eigenvalue weighted by Gasteiger charge is 2.29.